The van der Waals surface area contributed by atoms with Crippen molar-refractivity contribution in [2.75, 3.05) is 34.3 Å². The van der Waals surface area contributed by atoms with Gasteiger partial charge in [-0.15, -0.1) is 0 Å². The van der Waals surface area contributed by atoms with Crippen LogP contribution < -0.4 is 4.74 Å². The second-order valence-corrected chi connectivity index (χ2v) is 8.04. The smallest absolute Gasteiger partial charge is 0.295 e. The van der Waals surface area contributed by atoms with Gasteiger partial charge in [-0.25, -0.2) is 0 Å². The number of benzene rings is 2. The van der Waals surface area contributed by atoms with E-state index in [2.05, 4.69) is 0 Å². The van der Waals surface area contributed by atoms with Crippen LogP contribution in [0.4, 0.5) is 0 Å². The highest BCUT2D eigenvalue weighted by molar-refractivity contribution is 6.46. The van der Waals surface area contributed by atoms with Gasteiger partial charge in [-0.2, -0.15) is 0 Å². The van der Waals surface area contributed by atoms with E-state index in [1.54, 1.807) is 36.4 Å². The highest BCUT2D eigenvalue weighted by atomic mass is 35.5. The SMILES string of the molecule is COc1cc(/C(O)=C2/C(=O)C(=O)N(CCN(C)C)C2c2ccc(Cl)cc2)ccc1Cl. The number of methoxy groups -OCH3 is 1. The summed E-state index contributed by atoms with van der Waals surface area (Å²) in [5.74, 6) is -1.32. The molecular weight excluding hydrogens is 427 g/mol. The molecule has 30 heavy (non-hydrogen) atoms. The number of hydrogen-bond donors (Lipinski definition) is 1. The van der Waals surface area contributed by atoms with Crippen molar-refractivity contribution in [3.8, 4) is 5.75 Å². The number of carbonyl (C=O) groups excluding carboxylic acids is 2. The average Bonchev–Trinajstić information content (AvgIpc) is 2.97. The van der Waals surface area contributed by atoms with Crippen LogP contribution in [0.3, 0.4) is 0 Å². The maximum atomic E-state index is 12.9. The first kappa shape index (κ1) is 22.2. The fraction of sp³-hybridized carbons (Fsp3) is 0.273. The van der Waals surface area contributed by atoms with Gasteiger partial charge in [-0.3, -0.25) is 9.59 Å². The topological polar surface area (TPSA) is 70.1 Å². The molecule has 1 N–H and O–H groups in total. The minimum atomic E-state index is -0.736. The summed E-state index contributed by atoms with van der Waals surface area (Å²) in [4.78, 5) is 29.2. The molecule has 6 nitrogen and oxygen atoms in total. The Morgan fingerprint density at radius 1 is 1.13 bits per heavy atom. The summed E-state index contributed by atoms with van der Waals surface area (Å²) in [6.07, 6.45) is 0. The highest BCUT2D eigenvalue weighted by Gasteiger charge is 2.45. The molecule has 2 aromatic carbocycles. The Hall–Kier alpha value is -2.54. The first-order valence-corrected chi connectivity index (χ1v) is 10.0. The summed E-state index contributed by atoms with van der Waals surface area (Å²) >= 11 is 12.1. The van der Waals surface area contributed by atoms with Gasteiger partial charge in [0, 0.05) is 23.7 Å². The third-order valence-electron chi connectivity index (χ3n) is 4.94. The maximum Gasteiger partial charge on any atom is 0.295 e. The number of likely N-dealkylation sites (N-methyl/N-ethyl adjacent to an activating group) is 1. The molecule has 8 heteroatoms. The molecule has 1 amide bonds. The Labute approximate surface area is 185 Å². The molecule has 3 rings (SSSR count). The van der Waals surface area contributed by atoms with Gasteiger partial charge in [0.1, 0.15) is 11.5 Å². The van der Waals surface area contributed by atoms with Gasteiger partial charge < -0.3 is 19.6 Å². The average molecular weight is 449 g/mol. The van der Waals surface area contributed by atoms with E-state index in [0.717, 1.165) is 0 Å². The predicted octanol–water partition coefficient (Wildman–Crippen LogP) is 3.99. The van der Waals surface area contributed by atoms with Gasteiger partial charge in [0.2, 0.25) is 0 Å². The maximum absolute atomic E-state index is 12.9. The van der Waals surface area contributed by atoms with Crippen LogP contribution in [0.5, 0.6) is 5.75 Å². The number of hydrogen-bond acceptors (Lipinski definition) is 5. The molecule has 1 fully saturated rings. The van der Waals surface area contributed by atoms with Crippen molar-refractivity contribution in [3.05, 3.63) is 69.2 Å². The molecule has 1 saturated heterocycles. The molecule has 1 atom stereocenters. The third kappa shape index (κ3) is 4.31. The molecule has 1 unspecified atom stereocenters. The Kier molecular flexibility index (Phi) is 6.71. The van der Waals surface area contributed by atoms with E-state index in [1.165, 1.54) is 18.1 Å². The fourth-order valence-corrected chi connectivity index (χ4v) is 3.69. The van der Waals surface area contributed by atoms with Gasteiger partial charge in [0.05, 0.1) is 23.7 Å². The number of halogens is 2. The molecular formula is C22H22Cl2N2O4. The lowest BCUT2D eigenvalue weighted by Crippen LogP contribution is -2.35. The summed E-state index contributed by atoms with van der Waals surface area (Å²) in [7, 11) is 5.22. The molecule has 2 aromatic rings. The predicted molar refractivity (Wildman–Crippen MR) is 117 cm³/mol. The monoisotopic (exact) mass is 448 g/mol. The lowest BCUT2D eigenvalue weighted by Gasteiger charge is -2.26. The van der Waals surface area contributed by atoms with Crippen molar-refractivity contribution in [2.45, 2.75) is 6.04 Å². The van der Waals surface area contributed by atoms with Crippen molar-refractivity contribution in [3.63, 3.8) is 0 Å². The highest BCUT2D eigenvalue weighted by Crippen LogP contribution is 2.40. The largest absolute Gasteiger partial charge is 0.507 e. The molecule has 0 spiro atoms. The molecule has 1 aliphatic rings. The Balaban J connectivity index is 2.16. The zero-order valence-electron chi connectivity index (χ0n) is 16.9. The van der Waals surface area contributed by atoms with Crippen LogP contribution in [-0.2, 0) is 9.59 Å². The first-order valence-electron chi connectivity index (χ1n) is 9.27. The fourth-order valence-electron chi connectivity index (χ4n) is 3.37. The van der Waals surface area contributed by atoms with Crippen LogP contribution in [0.25, 0.3) is 5.76 Å². The van der Waals surface area contributed by atoms with E-state index in [0.29, 0.717) is 40.0 Å². The van der Waals surface area contributed by atoms with Crippen molar-refractivity contribution in [1.29, 1.82) is 0 Å². The molecule has 158 valence electrons. The quantitative estimate of drug-likeness (QED) is 0.411. The first-order chi connectivity index (χ1) is 14.2. The van der Waals surface area contributed by atoms with E-state index in [4.69, 9.17) is 27.9 Å². The van der Waals surface area contributed by atoms with Gasteiger partial charge in [-0.1, -0.05) is 35.3 Å². The molecule has 0 aromatic heterocycles. The number of aliphatic hydroxyl groups excluding tert-OH is 1. The number of carbonyl (C=O) groups is 2. The summed E-state index contributed by atoms with van der Waals surface area (Å²) in [5, 5.41) is 11.9. The Morgan fingerprint density at radius 3 is 2.40 bits per heavy atom. The van der Waals surface area contributed by atoms with Crippen molar-refractivity contribution in [1.82, 2.24) is 9.80 Å². The zero-order chi connectivity index (χ0) is 22.0. The Morgan fingerprint density at radius 2 is 1.80 bits per heavy atom. The summed E-state index contributed by atoms with van der Waals surface area (Å²) < 4.78 is 5.21. The zero-order valence-corrected chi connectivity index (χ0v) is 18.4. The second kappa shape index (κ2) is 9.08. The van der Waals surface area contributed by atoms with Gasteiger partial charge in [0.25, 0.3) is 11.7 Å². The summed E-state index contributed by atoms with van der Waals surface area (Å²) in [6.45, 7) is 0.886. The molecule has 0 bridgehead atoms. The van der Waals surface area contributed by atoms with Gasteiger partial charge in [-0.05, 0) is 50.0 Å². The van der Waals surface area contributed by atoms with Crippen LogP contribution in [0, 0.1) is 0 Å². The number of ketones is 1. The van der Waals surface area contributed by atoms with E-state index in [9.17, 15) is 14.7 Å². The van der Waals surface area contributed by atoms with Crippen LogP contribution >= 0.6 is 23.2 Å². The molecule has 0 saturated carbocycles. The number of ether oxygens (including phenoxy) is 1. The number of rotatable bonds is 6. The minimum Gasteiger partial charge on any atom is -0.507 e. The number of likely N-dealkylation sites (tertiary alicyclic amines) is 1. The lowest BCUT2D eigenvalue weighted by atomic mass is 9.95. The molecule has 0 radical (unpaired) electrons. The van der Waals surface area contributed by atoms with Gasteiger partial charge >= 0.3 is 0 Å². The van der Waals surface area contributed by atoms with Crippen LogP contribution in [0.2, 0.25) is 10.0 Å². The minimum absolute atomic E-state index is 0.0189. The van der Waals surface area contributed by atoms with Crippen LogP contribution in [-0.4, -0.2) is 60.9 Å². The summed E-state index contributed by atoms with van der Waals surface area (Å²) in [6, 6.07) is 10.8. The van der Waals surface area contributed by atoms with Gasteiger partial charge in [0.15, 0.2) is 0 Å². The second-order valence-electron chi connectivity index (χ2n) is 7.20. The van der Waals surface area contributed by atoms with Crippen molar-refractivity contribution in [2.24, 2.45) is 0 Å². The number of nitrogens with zero attached hydrogens (tertiary/aromatic N) is 2. The van der Waals surface area contributed by atoms with E-state index >= 15 is 0 Å². The molecule has 1 heterocycles. The normalized spacial score (nSPS) is 18.3. The Bertz CT molecular complexity index is 1000. The van der Waals surface area contributed by atoms with E-state index in [1.807, 2.05) is 19.0 Å². The number of aliphatic hydroxyl groups is 1. The van der Waals surface area contributed by atoms with Crippen molar-refractivity contribution < 1.29 is 19.4 Å². The molecule has 1 aliphatic heterocycles. The van der Waals surface area contributed by atoms with E-state index < -0.39 is 17.7 Å². The van der Waals surface area contributed by atoms with Crippen LogP contribution in [0.1, 0.15) is 17.2 Å². The number of Topliss-reactive ketones (excluding diaryl/α,β-unsaturated/α-hetero) is 1. The van der Waals surface area contributed by atoms with E-state index in [-0.39, 0.29) is 11.3 Å². The third-order valence-corrected chi connectivity index (χ3v) is 5.50. The van der Waals surface area contributed by atoms with Crippen molar-refractivity contribution >= 4 is 40.7 Å². The molecule has 0 aliphatic carbocycles. The lowest BCUT2D eigenvalue weighted by molar-refractivity contribution is -0.140. The standard InChI is InChI=1S/C22H22Cl2N2O4/c1-25(2)10-11-26-19(13-4-7-15(23)8-5-13)18(21(28)22(26)29)20(27)14-6-9-16(24)17(12-14)30-3/h4-9,12,19,27H,10-11H2,1-3H3/b20-18-. The van der Waals surface area contributed by atoms with Crippen LogP contribution in [0.15, 0.2) is 48.0 Å². The summed E-state index contributed by atoms with van der Waals surface area (Å²) in [5.41, 5.74) is 1.03. The number of amides is 1.